The van der Waals surface area contributed by atoms with Gasteiger partial charge in [-0.05, 0) is 37.1 Å². The number of ether oxygens (including phenoxy) is 1. The third-order valence-electron chi connectivity index (χ3n) is 2.69. The Hall–Kier alpha value is -1.95. The number of methoxy groups -OCH3 is 1. The molecule has 0 spiro atoms. The number of aromatic nitrogens is 1. The minimum absolute atomic E-state index is 0.626. The number of hydrogen-bond donors (Lipinski definition) is 1. The first kappa shape index (κ1) is 9.60. The van der Waals surface area contributed by atoms with Crippen LogP contribution in [0, 0.1) is 25.2 Å². The average Bonchev–Trinajstić information content (AvgIpc) is 2.56. The number of aryl methyl sites for hydroxylation is 2. The van der Waals surface area contributed by atoms with Crippen molar-refractivity contribution in [1.29, 1.82) is 5.26 Å². The van der Waals surface area contributed by atoms with Crippen molar-refractivity contribution >= 4 is 10.9 Å². The summed E-state index contributed by atoms with van der Waals surface area (Å²) >= 11 is 0. The zero-order valence-electron chi connectivity index (χ0n) is 9.01. The SMILES string of the molecule is COc1cc(C)c2[nH]c(C#N)c(C)c2c1. The van der Waals surface area contributed by atoms with E-state index >= 15 is 0 Å². The molecule has 3 nitrogen and oxygen atoms in total. The minimum Gasteiger partial charge on any atom is -0.497 e. The van der Waals surface area contributed by atoms with E-state index in [9.17, 15) is 0 Å². The Balaban J connectivity index is 2.85. The zero-order chi connectivity index (χ0) is 11.0. The second-order valence-corrected chi connectivity index (χ2v) is 3.60. The molecule has 3 heteroatoms. The van der Waals surface area contributed by atoms with Crippen molar-refractivity contribution in [2.75, 3.05) is 7.11 Å². The van der Waals surface area contributed by atoms with Crippen molar-refractivity contribution in [1.82, 2.24) is 4.98 Å². The molecule has 0 radical (unpaired) electrons. The molecule has 2 rings (SSSR count). The molecule has 1 heterocycles. The largest absolute Gasteiger partial charge is 0.497 e. The number of aromatic amines is 1. The van der Waals surface area contributed by atoms with Crippen LogP contribution in [0.3, 0.4) is 0 Å². The first-order valence-corrected chi connectivity index (χ1v) is 4.74. The quantitative estimate of drug-likeness (QED) is 0.769. The van der Waals surface area contributed by atoms with Gasteiger partial charge < -0.3 is 9.72 Å². The predicted molar refractivity (Wildman–Crippen MR) is 59.0 cm³/mol. The first-order valence-electron chi connectivity index (χ1n) is 4.74. The van der Waals surface area contributed by atoms with Crippen LogP contribution in [-0.4, -0.2) is 12.1 Å². The lowest BCUT2D eigenvalue weighted by atomic mass is 10.1. The van der Waals surface area contributed by atoms with Crippen LogP contribution in [0.1, 0.15) is 16.8 Å². The summed E-state index contributed by atoms with van der Waals surface area (Å²) in [6, 6.07) is 6.06. The molecular formula is C12H12N2O. The van der Waals surface area contributed by atoms with Crippen molar-refractivity contribution in [2.24, 2.45) is 0 Å². The zero-order valence-corrected chi connectivity index (χ0v) is 9.01. The second kappa shape index (κ2) is 3.32. The number of hydrogen-bond acceptors (Lipinski definition) is 2. The van der Waals surface area contributed by atoms with Gasteiger partial charge in [0.1, 0.15) is 17.5 Å². The van der Waals surface area contributed by atoms with Crippen molar-refractivity contribution in [3.05, 3.63) is 29.0 Å². The van der Waals surface area contributed by atoms with Gasteiger partial charge in [0, 0.05) is 10.9 Å². The summed E-state index contributed by atoms with van der Waals surface area (Å²) in [6.45, 7) is 3.94. The van der Waals surface area contributed by atoms with Gasteiger partial charge in [0.25, 0.3) is 0 Å². The molecule has 1 aromatic heterocycles. The fraction of sp³-hybridized carbons (Fsp3) is 0.250. The van der Waals surface area contributed by atoms with E-state index in [0.29, 0.717) is 5.69 Å². The summed E-state index contributed by atoms with van der Waals surface area (Å²) in [5.41, 5.74) is 3.72. The Bertz CT molecular complexity index is 561. The van der Waals surface area contributed by atoms with Gasteiger partial charge in [-0.3, -0.25) is 0 Å². The van der Waals surface area contributed by atoms with Crippen molar-refractivity contribution in [2.45, 2.75) is 13.8 Å². The maximum Gasteiger partial charge on any atom is 0.121 e. The molecule has 0 aliphatic carbocycles. The molecule has 0 aliphatic rings. The molecule has 0 saturated carbocycles. The minimum atomic E-state index is 0.626. The fourth-order valence-corrected chi connectivity index (χ4v) is 1.80. The lowest BCUT2D eigenvalue weighted by Gasteiger charge is -2.02. The van der Waals surface area contributed by atoms with Crippen molar-refractivity contribution in [3.8, 4) is 11.8 Å². The van der Waals surface area contributed by atoms with Crippen LogP contribution >= 0.6 is 0 Å². The van der Waals surface area contributed by atoms with Gasteiger partial charge in [0.15, 0.2) is 0 Å². The Morgan fingerprint density at radius 2 is 2.07 bits per heavy atom. The molecule has 0 bridgehead atoms. The third kappa shape index (κ3) is 1.35. The molecule has 1 aromatic carbocycles. The molecule has 0 amide bonds. The Labute approximate surface area is 88.3 Å². The number of nitrogens with one attached hydrogen (secondary N) is 1. The highest BCUT2D eigenvalue weighted by molar-refractivity contribution is 5.89. The maximum absolute atomic E-state index is 8.92. The van der Waals surface area contributed by atoms with Gasteiger partial charge in [-0.25, -0.2) is 0 Å². The molecule has 1 N–H and O–H groups in total. The molecular weight excluding hydrogens is 188 g/mol. The summed E-state index contributed by atoms with van der Waals surface area (Å²) in [5.74, 6) is 0.826. The van der Waals surface area contributed by atoms with Gasteiger partial charge in [-0.15, -0.1) is 0 Å². The fourth-order valence-electron chi connectivity index (χ4n) is 1.80. The highest BCUT2D eigenvalue weighted by atomic mass is 16.5. The van der Waals surface area contributed by atoms with Crippen LogP contribution in [0.25, 0.3) is 10.9 Å². The maximum atomic E-state index is 8.92. The summed E-state index contributed by atoms with van der Waals surface area (Å²) in [6.07, 6.45) is 0. The summed E-state index contributed by atoms with van der Waals surface area (Å²) in [7, 11) is 1.65. The number of rotatable bonds is 1. The molecule has 2 aromatic rings. The number of nitriles is 1. The van der Waals surface area contributed by atoms with Crippen LogP contribution in [0.4, 0.5) is 0 Å². The molecule has 0 unspecified atom stereocenters. The molecule has 76 valence electrons. The molecule has 15 heavy (non-hydrogen) atoms. The van der Waals surface area contributed by atoms with Crippen LogP contribution in [0.5, 0.6) is 5.75 Å². The molecule has 0 saturated heterocycles. The number of nitrogens with zero attached hydrogens (tertiary/aromatic N) is 1. The number of benzene rings is 1. The van der Waals surface area contributed by atoms with E-state index in [0.717, 1.165) is 27.8 Å². The van der Waals surface area contributed by atoms with Crippen LogP contribution < -0.4 is 4.74 Å². The van der Waals surface area contributed by atoms with Crippen molar-refractivity contribution < 1.29 is 4.74 Å². The van der Waals surface area contributed by atoms with Gasteiger partial charge in [-0.1, -0.05) is 0 Å². The third-order valence-corrected chi connectivity index (χ3v) is 2.69. The van der Waals surface area contributed by atoms with Crippen molar-refractivity contribution in [3.63, 3.8) is 0 Å². The van der Waals surface area contributed by atoms with Gasteiger partial charge in [-0.2, -0.15) is 5.26 Å². The average molecular weight is 200 g/mol. The standard InChI is InChI=1S/C12H12N2O/c1-7-4-9(15-3)5-10-8(2)11(6-13)14-12(7)10/h4-5,14H,1-3H3. The van der Waals surface area contributed by atoms with E-state index in [1.54, 1.807) is 7.11 Å². The normalized spacial score (nSPS) is 10.3. The summed E-state index contributed by atoms with van der Waals surface area (Å²) in [5, 5.41) is 9.98. The Kier molecular flexibility index (Phi) is 2.12. The summed E-state index contributed by atoms with van der Waals surface area (Å²) < 4.78 is 5.20. The summed E-state index contributed by atoms with van der Waals surface area (Å²) in [4.78, 5) is 3.12. The lowest BCUT2D eigenvalue weighted by molar-refractivity contribution is 0.415. The first-order chi connectivity index (χ1) is 7.17. The van der Waals surface area contributed by atoms with Gasteiger partial charge >= 0.3 is 0 Å². The van der Waals surface area contributed by atoms with Crippen LogP contribution in [0.2, 0.25) is 0 Å². The Morgan fingerprint density at radius 1 is 1.33 bits per heavy atom. The van der Waals surface area contributed by atoms with Crippen LogP contribution in [-0.2, 0) is 0 Å². The Morgan fingerprint density at radius 3 is 2.67 bits per heavy atom. The monoisotopic (exact) mass is 200 g/mol. The lowest BCUT2D eigenvalue weighted by Crippen LogP contribution is -1.84. The van der Waals surface area contributed by atoms with E-state index in [1.807, 2.05) is 26.0 Å². The van der Waals surface area contributed by atoms with E-state index in [-0.39, 0.29) is 0 Å². The van der Waals surface area contributed by atoms with Gasteiger partial charge in [0.05, 0.1) is 7.11 Å². The highest BCUT2D eigenvalue weighted by Gasteiger charge is 2.10. The van der Waals surface area contributed by atoms with Gasteiger partial charge in [0.2, 0.25) is 0 Å². The van der Waals surface area contributed by atoms with E-state index in [4.69, 9.17) is 10.00 Å². The van der Waals surface area contributed by atoms with E-state index < -0.39 is 0 Å². The highest BCUT2D eigenvalue weighted by Crippen LogP contribution is 2.28. The molecule has 0 aliphatic heterocycles. The van der Waals surface area contributed by atoms with E-state index in [2.05, 4.69) is 11.1 Å². The second-order valence-electron chi connectivity index (χ2n) is 3.60. The smallest absolute Gasteiger partial charge is 0.121 e. The molecule has 0 fully saturated rings. The number of H-pyrrole nitrogens is 1. The molecule has 0 atom stereocenters. The topological polar surface area (TPSA) is 48.8 Å². The van der Waals surface area contributed by atoms with Crippen LogP contribution in [0.15, 0.2) is 12.1 Å². The van der Waals surface area contributed by atoms with E-state index in [1.165, 1.54) is 0 Å². The number of fused-ring (bicyclic) bond motifs is 1. The predicted octanol–water partition coefficient (Wildman–Crippen LogP) is 2.67.